The van der Waals surface area contributed by atoms with E-state index in [1.54, 1.807) is 6.07 Å². The topological polar surface area (TPSA) is 64.3 Å². The molecule has 2 rings (SSSR count). The molecule has 4 heteroatoms. The molecule has 106 valence electrons. The van der Waals surface area contributed by atoms with Crippen LogP contribution in [0.25, 0.3) is 0 Å². The van der Waals surface area contributed by atoms with Gasteiger partial charge in [-0.1, -0.05) is 25.0 Å². The number of rotatable bonds is 6. The predicted molar refractivity (Wildman–Crippen MR) is 76.1 cm³/mol. The molecule has 0 atom stereocenters. The van der Waals surface area contributed by atoms with Crippen molar-refractivity contribution >= 4 is 5.97 Å². The summed E-state index contributed by atoms with van der Waals surface area (Å²) in [5, 5.41) is 17.8. The summed E-state index contributed by atoms with van der Waals surface area (Å²) in [5.41, 5.74) is 1.74. The molecule has 4 nitrogen and oxygen atoms in total. The van der Waals surface area contributed by atoms with Crippen LogP contribution < -0.4 is 0 Å². The third kappa shape index (κ3) is 4.07. The van der Waals surface area contributed by atoms with Crippen molar-refractivity contribution in [3.8, 4) is 6.07 Å². The second kappa shape index (κ2) is 7.06. The van der Waals surface area contributed by atoms with Crippen molar-refractivity contribution in [2.24, 2.45) is 0 Å². The molecule has 0 saturated heterocycles. The zero-order valence-electron chi connectivity index (χ0n) is 11.6. The molecule has 0 aromatic heterocycles. The quantitative estimate of drug-likeness (QED) is 0.864. The molecule has 1 N–H and O–H groups in total. The Balaban J connectivity index is 2.05. The van der Waals surface area contributed by atoms with Crippen molar-refractivity contribution in [2.45, 2.75) is 44.7 Å². The summed E-state index contributed by atoms with van der Waals surface area (Å²) in [6.45, 7) is 1.31. The highest BCUT2D eigenvalue weighted by Gasteiger charge is 2.23. The van der Waals surface area contributed by atoms with Gasteiger partial charge in [-0.3, -0.25) is 9.69 Å². The van der Waals surface area contributed by atoms with Crippen LogP contribution in [0.2, 0.25) is 0 Å². The molecule has 0 aliphatic heterocycles. The number of nitrogens with zero attached hydrogens (tertiary/aromatic N) is 2. The maximum Gasteiger partial charge on any atom is 0.304 e. The van der Waals surface area contributed by atoms with Crippen LogP contribution in [0.1, 0.15) is 43.2 Å². The Labute approximate surface area is 119 Å². The average molecular weight is 272 g/mol. The Bertz CT molecular complexity index is 501. The second-order valence-electron chi connectivity index (χ2n) is 5.36. The smallest absolute Gasteiger partial charge is 0.304 e. The maximum atomic E-state index is 10.8. The Morgan fingerprint density at radius 2 is 2.15 bits per heavy atom. The Kier molecular flexibility index (Phi) is 5.14. The van der Waals surface area contributed by atoms with E-state index >= 15 is 0 Å². The van der Waals surface area contributed by atoms with Gasteiger partial charge in [0.05, 0.1) is 18.1 Å². The zero-order chi connectivity index (χ0) is 14.4. The lowest BCUT2D eigenvalue weighted by Crippen LogP contribution is -2.34. The average Bonchev–Trinajstić information content (AvgIpc) is 2.97. The lowest BCUT2D eigenvalue weighted by atomic mass is 10.1. The number of carbonyl (C=O) groups is 1. The number of carboxylic acid groups (broad SMARTS) is 1. The lowest BCUT2D eigenvalue weighted by Gasteiger charge is -2.28. The summed E-state index contributed by atoms with van der Waals surface area (Å²) in [7, 11) is 0. The first-order valence-corrected chi connectivity index (χ1v) is 7.14. The summed E-state index contributed by atoms with van der Waals surface area (Å²) in [4.78, 5) is 13.1. The van der Waals surface area contributed by atoms with Gasteiger partial charge in [-0.05, 0) is 30.5 Å². The van der Waals surface area contributed by atoms with Gasteiger partial charge in [0.2, 0.25) is 0 Å². The van der Waals surface area contributed by atoms with E-state index in [2.05, 4.69) is 11.0 Å². The molecule has 0 bridgehead atoms. The van der Waals surface area contributed by atoms with Crippen molar-refractivity contribution in [1.82, 2.24) is 4.90 Å². The summed E-state index contributed by atoms with van der Waals surface area (Å²) < 4.78 is 0. The van der Waals surface area contributed by atoms with Gasteiger partial charge in [-0.15, -0.1) is 0 Å². The maximum absolute atomic E-state index is 10.8. The van der Waals surface area contributed by atoms with Gasteiger partial charge < -0.3 is 5.11 Å². The van der Waals surface area contributed by atoms with E-state index < -0.39 is 5.97 Å². The van der Waals surface area contributed by atoms with Crippen LogP contribution >= 0.6 is 0 Å². The summed E-state index contributed by atoms with van der Waals surface area (Å²) >= 11 is 0. The molecular weight excluding hydrogens is 252 g/mol. The molecule has 20 heavy (non-hydrogen) atoms. The van der Waals surface area contributed by atoms with Crippen LogP contribution in [-0.4, -0.2) is 28.6 Å². The van der Waals surface area contributed by atoms with Gasteiger partial charge >= 0.3 is 5.97 Å². The van der Waals surface area contributed by atoms with E-state index in [-0.39, 0.29) is 6.42 Å². The van der Waals surface area contributed by atoms with Gasteiger partial charge in [0, 0.05) is 19.1 Å². The zero-order valence-corrected chi connectivity index (χ0v) is 11.6. The number of hydrogen-bond donors (Lipinski definition) is 1. The first-order chi connectivity index (χ1) is 9.69. The van der Waals surface area contributed by atoms with Gasteiger partial charge in [-0.2, -0.15) is 5.26 Å². The Hall–Kier alpha value is -1.86. The fourth-order valence-electron chi connectivity index (χ4n) is 2.87. The predicted octanol–water partition coefficient (Wildman–Crippen LogP) is 2.78. The van der Waals surface area contributed by atoms with Crippen LogP contribution in [0, 0.1) is 11.3 Å². The summed E-state index contributed by atoms with van der Waals surface area (Å²) in [6.07, 6.45) is 4.93. The van der Waals surface area contributed by atoms with Crippen molar-refractivity contribution in [2.75, 3.05) is 6.54 Å². The van der Waals surface area contributed by atoms with Crippen molar-refractivity contribution in [3.63, 3.8) is 0 Å². The van der Waals surface area contributed by atoms with Gasteiger partial charge in [0.25, 0.3) is 0 Å². The van der Waals surface area contributed by atoms with Crippen LogP contribution in [0.3, 0.4) is 0 Å². The minimum absolute atomic E-state index is 0.175. The van der Waals surface area contributed by atoms with Gasteiger partial charge in [0.15, 0.2) is 0 Å². The van der Waals surface area contributed by atoms with Crippen LogP contribution in [0.5, 0.6) is 0 Å². The number of aliphatic carboxylic acids is 1. The normalized spacial score (nSPS) is 15.4. The van der Waals surface area contributed by atoms with Gasteiger partial charge in [-0.25, -0.2) is 0 Å². The molecular formula is C16H20N2O2. The third-order valence-corrected chi connectivity index (χ3v) is 3.90. The molecule has 0 radical (unpaired) electrons. The molecule has 0 amide bonds. The molecule has 0 spiro atoms. The highest BCUT2D eigenvalue weighted by molar-refractivity contribution is 5.66. The fraction of sp³-hybridized carbons (Fsp3) is 0.500. The first-order valence-electron chi connectivity index (χ1n) is 7.14. The third-order valence-electron chi connectivity index (χ3n) is 3.90. The monoisotopic (exact) mass is 272 g/mol. The number of carboxylic acids is 1. The minimum Gasteiger partial charge on any atom is -0.481 e. The van der Waals surface area contributed by atoms with Crippen molar-refractivity contribution < 1.29 is 9.90 Å². The van der Waals surface area contributed by atoms with Gasteiger partial charge in [0.1, 0.15) is 0 Å². The molecule has 0 unspecified atom stereocenters. The lowest BCUT2D eigenvalue weighted by molar-refractivity contribution is -0.137. The number of nitriles is 1. The molecule has 1 fully saturated rings. The van der Waals surface area contributed by atoms with Crippen LogP contribution in [-0.2, 0) is 11.3 Å². The Morgan fingerprint density at radius 3 is 2.80 bits per heavy atom. The standard InChI is InChI=1S/C16H20N2O2/c17-11-13-4-3-5-14(10-13)12-18(9-8-16(19)20)15-6-1-2-7-15/h3-5,10,15H,1-2,6-9,12H2,(H,19,20). The SMILES string of the molecule is N#Cc1cccc(CN(CCC(=O)O)C2CCCC2)c1. The minimum atomic E-state index is -0.751. The van der Waals surface area contributed by atoms with E-state index in [0.717, 1.165) is 24.9 Å². The van der Waals surface area contributed by atoms with Crippen molar-refractivity contribution in [1.29, 1.82) is 5.26 Å². The molecule has 1 aromatic rings. The van der Waals surface area contributed by atoms with E-state index in [9.17, 15) is 4.79 Å². The first kappa shape index (κ1) is 14.5. The highest BCUT2D eigenvalue weighted by Crippen LogP contribution is 2.25. The van der Waals surface area contributed by atoms with E-state index in [1.165, 1.54) is 12.8 Å². The molecule has 0 heterocycles. The van der Waals surface area contributed by atoms with E-state index in [1.807, 2.05) is 18.2 Å². The van der Waals surface area contributed by atoms with Crippen LogP contribution in [0.4, 0.5) is 0 Å². The fourth-order valence-corrected chi connectivity index (χ4v) is 2.87. The highest BCUT2D eigenvalue weighted by atomic mass is 16.4. The van der Waals surface area contributed by atoms with Crippen LogP contribution in [0.15, 0.2) is 24.3 Å². The summed E-state index contributed by atoms with van der Waals surface area (Å²) in [6, 6.07) is 10.2. The molecule has 1 aliphatic carbocycles. The van der Waals surface area contributed by atoms with E-state index in [0.29, 0.717) is 18.2 Å². The molecule has 1 saturated carbocycles. The number of hydrogen-bond acceptors (Lipinski definition) is 3. The summed E-state index contributed by atoms with van der Waals surface area (Å²) in [5.74, 6) is -0.751. The number of benzene rings is 1. The van der Waals surface area contributed by atoms with E-state index in [4.69, 9.17) is 10.4 Å². The second-order valence-corrected chi connectivity index (χ2v) is 5.36. The largest absolute Gasteiger partial charge is 0.481 e. The Morgan fingerprint density at radius 1 is 1.40 bits per heavy atom. The van der Waals surface area contributed by atoms with Crippen molar-refractivity contribution in [3.05, 3.63) is 35.4 Å². The molecule has 1 aromatic carbocycles. The molecule has 1 aliphatic rings.